The summed E-state index contributed by atoms with van der Waals surface area (Å²) in [5, 5.41) is 3.33. The van der Waals surface area contributed by atoms with E-state index >= 15 is 0 Å². The fourth-order valence-electron chi connectivity index (χ4n) is 5.10. The molecule has 0 saturated carbocycles. The highest BCUT2D eigenvalue weighted by Gasteiger charge is 2.33. The lowest BCUT2D eigenvalue weighted by Gasteiger charge is -2.34. The first-order chi connectivity index (χ1) is 17.2. The third-order valence-electron chi connectivity index (χ3n) is 7.07. The van der Waals surface area contributed by atoms with Gasteiger partial charge in [-0.3, -0.25) is 9.59 Å². The van der Waals surface area contributed by atoms with Crippen molar-refractivity contribution in [2.24, 2.45) is 0 Å². The molecule has 4 rings (SSSR count). The van der Waals surface area contributed by atoms with Gasteiger partial charge in [-0.15, -0.1) is 0 Å². The number of carbonyl (C=O) groups excluding carboxylic acids is 2. The molecule has 2 saturated heterocycles. The summed E-state index contributed by atoms with van der Waals surface area (Å²) in [5.74, 6) is -0.445. The van der Waals surface area contributed by atoms with E-state index in [0.717, 1.165) is 25.7 Å². The number of nitrogens with one attached hydrogen (secondary N) is 2. The zero-order valence-electron chi connectivity index (χ0n) is 20.8. The molecule has 196 valence electrons. The average molecular weight is 519 g/mol. The second kappa shape index (κ2) is 11.0. The van der Waals surface area contributed by atoms with Gasteiger partial charge < -0.3 is 19.9 Å². The van der Waals surface area contributed by atoms with E-state index in [1.165, 1.54) is 18.2 Å². The van der Waals surface area contributed by atoms with Crippen LogP contribution in [0.3, 0.4) is 0 Å². The molecule has 1 aromatic carbocycles. The molecule has 1 aromatic heterocycles. The van der Waals surface area contributed by atoms with Crippen LogP contribution in [-0.2, 0) is 14.8 Å². The Morgan fingerprint density at radius 3 is 2.53 bits per heavy atom. The van der Waals surface area contributed by atoms with E-state index in [4.69, 9.17) is 4.74 Å². The third kappa shape index (κ3) is 5.41. The molecule has 11 heteroatoms. The van der Waals surface area contributed by atoms with Crippen molar-refractivity contribution in [3.63, 3.8) is 0 Å². The summed E-state index contributed by atoms with van der Waals surface area (Å²) < 4.78 is 33.6. The molecule has 0 radical (unpaired) electrons. The van der Waals surface area contributed by atoms with Gasteiger partial charge in [0.25, 0.3) is 5.91 Å². The summed E-state index contributed by atoms with van der Waals surface area (Å²) in [6.45, 7) is 5.43. The van der Waals surface area contributed by atoms with E-state index in [1.54, 1.807) is 22.2 Å². The zero-order chi connectivity index (χ0) is 25.9. The molecule has 2 aliphatic rings. The number of piperidine rings is 2. The fraction of sp³-hybridized carbons (Fsp3) is 0.560. The summed E-state index contributed by atoms with van der Waals surface area (Å²) in [7, 11) is -3.75. The first-order valence-electron chi connectivity index (χ1n) is 12.7. The van der Waals surface area contributed by atoms with Crippen LogP contribution in [0.5, 0.6) is 0 Å². The molecule has 3 heterocycles. The number of aromatic amines is 1. The van der Waals surface area contributed by atoms with Gasteiger partial charge in [0.15, 0.2) is 0 Å². The maximum atomic E-state index is 13.5. The van der Waals surface area contributed by atoms with Gasteiger partial charge in [0.2, 0.25) is 15.6 Å². The zero-order valence-corrected chi connectivity index (χ0v) is 21.6. The second-order valence-electron chi connectivity index (χ2n) is 9.36. The Labute approximate surface area is 211 Å². The van der Waals surface area contributed by atoms with Crippen LogP contribution in [0.4, 0.5) is 4.79 Å². The molecule has 0 spiro atoms. The van der Waals surface area contributed by atoms with E-state index in [-0.39, 0.29) is 28.6 Å². The van der Waals surface area contributed by atoms with Crippen LogP contribution in [0, 0.1) is 0 Å². The van der Waals surface area contributed by atoms with Gasteiger partial charge >= 0.3 is 6.09 Å². The Hall–Kier alpha value is -2.92. The Kier molecular flexibility index (Phi) is 7.99. The standard InChI is InChI=1S/C25H34N4O6S/c1-3-18-7-5-6-12-29(18)36(33,34)19-8-9-22-20(15-19)21(16-23(30)27-22)24(31)26-17-10-13-28(14-11-17)25(32)35-4-2/h8-9,15-18H,3-7,10-14H2,1-2H3,(H,26,31)(H,27,30)/t18-/m1/s1. The highest BCUT2D eigenvalue weighted by atomic mass is 32.2. The largest absolute Gasteiger partial charge is 0.450 e. The van der Waals surface area contributed by atoms with Crippen molar-refractivity contribution in [2.75, 3.05) is 26.2 Å². The summed E-state index contributed by atoms with van der Waals surface area (Å²) in [6.07, 6.45) is 4.14. The van der Waals surface area contributed by atoms with Crippen LogP contribution < -0.4 is 10.9 Å². The number of aromatic nitrogens is 1. The molecule has 0 unspecified atom stereocenters. The van der Waals surface area contributed by atoms with Gasteiger partial charge in [0.1, 0.15) is 0 Å². The Morgan fingerprint density at radius 2 is 1.83 bits per heavy atom. The van der Waals surface area contributed by atoms with E-state index < -0.39 is 21.5 Å². The van der Waals surface area contributed by atoms with Gasteiger partial charge in [-0.25, -0.2) is 13.2 Å². The van der Waals surface area contributed by atoms with Gasteiger partial charge in [-0.1, -0.05) is 13.3 Å². The molecule has 1 atom stereocenters. The molecule has 0 aliphatic carbocycles. The topological polar surface area (TPSA) is 129 Å². The van der Waals surface area contributed by atoms with Crippen molar-refractivity contribution >= 4 is 32.9 Å². The number of hydrogen-bond acceptors (Lipinski definition) is 6. The first kappa shape index (κ1) is 26.2. The van der Waals surface area contributed by atoms with Crippen molar-refractivity contribution in [3.8, 4) is 0 Å². The SMILES string of the molecule is CCOC(=O)N1CCC(NC(=O)c2cc(=O)[nH]c3ccc(S(=O)(=O)N4CCCC[C@H]4CC)cc23)CC1. The quantitative estimate of drug-likeness (QED) is 0.605. The Morgan fingerprint density at radius 1 is 1.08 bits per heavy atom. The molecule has 2 fully saturated rings. The van der Waals surface area contributed by atoms with Crippen LogP contribution in [0.1, 0.15) is 62.7 Å². The first-order valence-corrected chi connectivity index (χ1v) is 14.1. The van der Waals surface area contributed by atoms with Gasteiger partial charge in [0.05, 0.1) is 17.1 Å². The van der Waals surface area contributed by atoms with Crippen molar-refractivity contribution in [1.29, 1.82) is 0 Å². The highest BCUT2D eigenvalue weighted by molar-refractivity contribution is 7.89. The number of hydrogen-bond donors (Lipinski definition) is 2. The predicted molar refractivity (Wildman–Crippen MR) is 135 cm³/mol. The lowest BCUT2D eigenvalue weighted by molar-refractivity contribution is 0.0861. The van der Waals surface area contributed by atoms with Gasteiger partial charge in [-0.2, -0.15) is 4.31 Å². The van der Waals surface area contributed by atoms with Gasteiger partial charge in [0, 0.05) is 48.7 Å². The number of H-pyrrole nitrogens is 1. The van der Waals surface area contributed by atoms with E-state index in [0.29, 0.717) is 50.0 Å². The number of pyridine rings is 1. The van der Waals surface area contributed by atoms with Crippen LogP contribution >= 0.6 is 0 Å². The summed E-state index contributed by atoms with van der Waals surface area (Å²) in [5.41, 5.74) is 0.0844. The molecule has 2 N–H and O–H groups in total. The molecule has 2 aromatic rings. The predicted octanol–water partition coefficient (Wildman–Crippen LogP) is 2.83. The number of rotatable bonds is 6. The van der Waals surface area contributed by atoms with Crippen molar-refractivity contribution in [3.05, 3.63) is 40.2 Å². The lowest BCUT2D eigenvalue weighted by atomic mass is 10.0. The number of nitrogens with zero attached hydrogens (tertiary/aromatic N) is 2. The minimum atomic E-state index is -3.75. The monoisotopic (exact) mass is 518 g/mol. The number of carbonyl (C=O) groups is 2. The lowest BCUT2D eigenvalue weighted by Crippen LogP contribution is -2.46. The molecule has 2 aliphatic heterocycles. The van der Waals surface area contributed by atoms with E-state index in [9.17, 15) is 22.8 Å². The fourth-order valence-corrected chi connectivity index (χ4v) is 6.89. The number of benzene rings is 1. The molecular weight excluding hydrogens is 484 g/mol. The number of fused-ring (bicyclic) bond motifs is 1. The molecule has 10 nitrogen and oxygen atoms in total. The number of sulfonamides is 1. The van der Waals surface area contributed by atoms with Crippen LogP contribution in [-0.4, -0.2) is 72.9 Å². The minimum Gasteiger partial charge on any atom is -0.450 e. The highest BCUT2D eigenvalue weighted by Crippen LogP contribution is 2.29. The molecule has 0 bridgehead atoms. The smallest absolute Gasteiger partial charge is 0.409 e. The van der Waals surface area contributed by atoms with Crippen molar-refractivity contribution < 1.29 is 22.7 Å². The number of likely N-dealkylation sites (tertiary alicyclic amines) is 1. The average Bonchev–Trinajstić information content (AvgIpc) is 2.88. The molecular formula is C25H34N4O6S. The Balaban J connectivity index is 1.58. The molecule has 36 heavy (non-hydrogen) atoms. The summed E-state index contributed by atoms with van der Waals surface area (Å²) in [6, 6.07) is 5.50. The maximum Gasteiger partial charge on any atom is 0.409 e. The van der Waals surface area contributed by atoms with Gasteiger partial charge in [-0.05, 0) is 57.2 Å². The summed E-state index contributed by atoms with van der Waals surface area (Å²) >= 11 is 0. The Bertz CT molecular complexity index is 1280. The normalized spacial score (nSPS) is 19.8. The summed E-state index contributed by atoms with van der Waals surface area (Å²) in [4.78, 5) is 41.8. The van der Waals surface area contributed by atoms with E-state index in [1.807, 2.05) is 6.92 Å². The molecule has 2 amide bonds. The minimum absolute atomic E-state index is 0.0433. The number of ether oxygens (including phenoxy) is 1. The number of amides is 2. The van der Waals surface area contributed by atoms with Crippen LogP contribution in [0.15, 0.2) is 34.0 Å². The van der Waals surface area contributed by atoms with Crippen molar-refractivity contribution in [2.45, 2.75) is 69.4 Å². The second-order valence-corrected chi connectivity index (χ2v) is 11.3. The third-order valence-corrected chi connectivity index (χ3v) is 9.01. The van der Waals surface area contributed by atoms with Crippen LogP contribution in [0.25, 0.3) is 10.9 Å². The van der Waals surface area contributed by atoms with E-state index in [2.05, 4.69) is 10.3 Å². The maximum absolute atomic E-state index is 13.5. The van der Waals surface area contributed by atoms with Crippen molar-refractivity contribution in [1.82, 2.24) is 19.5 Å². The van der Waals surface area contributed by atoms with Crippen LogP contribution in [0.2, 0.25) is 0 Å².